The summed E-state index contributed by atoms with van der Waals surface area (Å²) in [7, 11) is 3.16. The van der Waals surface area contributed by atoms with Crippen molar-refractivity contribution in [2.75, 3.05) is 26.3 Å². The van der Waals surface area contributed by atoms with Gasteiger partial charge in [-0.2, -0.15) is 4.37 Å². The molecule has 0 atom stereocenters. The standard InChI is InChI=1S/C20H18N2O5S/c1-11(23)21-15-6-12(4-5-16(15)24-2)14-9-19(28-22-14)13-7-17(25-3)20-18(8-13)26-10-27-20/h4-9H,10H2,1-3H3,(H,21,23). The van der Waals surface area contributed by atoms with Gasteiger partial charge >= 0.3 is 0 Å². The molecule has 0 aliphatic carbocycles. The molecule has 1 aliphatic heterocycles. The van der Waals surface area contributed by atoms with Gasteiger partial charge in [-0.1, -0.05) is 0 Å². The maximum Gasteiger partial charge on any atom is 0.231 e. The number of amides is 1. The Kier molecular flexibility index (Phi) is 4.79. The zero-order valence-electron chi connectivity index (χ0n) is 15.6. The monoisotopic (exact) mass is 398 g/mol. The van der Waals surface area contributed by atoms with Crippen LogP contribution in [-0.2, 0) is 4.79 Å². The second-order valence-electron chi connectivity index (χ2n) is 6.08. The van der Waals surface area contributed by atoms with Gasteiger partial charge in [0.15, 0.2) is 11.5 Å². The highest BCUT2D eigenvalue weighted by Crippen LogP contribution is 2.45. The van der Waals surface area contributed by atoms with Crippen molar-refractivity contribution >= 4 is 23.1 Å². The minimum absolute atomic E-state index is 0.165. The molecule has 3 aromatic rings. The van der Waals surface area contributed by atoms with Crippen molar-refractivity contribution in [3.05, 3.63) is 36.4 Å². The van der Waals surface area contributed by atoms with E-state index >= 15 is 0 Å². The number of hydrogen-bond donors (Lipinski definition) is 1. The predicted octanol–water partition coefficient (Wildman–Crippen LogP) is 4.18. The second-order valence-corrected chi connectivity index (χ2v) is 6.89. The largest absolute Gasteiger partial charge is 0.495 e. The summed E-state index contributed by atoms with van der Waals surface area (Å²) in [6.45, 7) is 1.64. The van der Waals surface area contributed by atoms with E-state index in [4.69, 9.17) is 18.9 Å². The number of benzene rings is 2. The first-order valence-electron chi connectivity index (χ1n) is 8.49. The average Bonchev–Trinajstić information content (AvgIpc) is 3.36. The van der Waals surface area contributed by atoms with Gasteiger partial charge in [-0.15, -0.1) is 0 Å². The van der Waals surface area contributed by atoms with Crippen molar-refractivity contribution in [1.82, 2.24) is 4.37 Å². The molecule has 1 amide bonds. The van der Waals surface area contributed by atoms with Crippen molar-refractivity contribution in [2.24, 2.45) is 0 Å². The Labute approximate surface area is 166 Å². The number of hydrogen-bond acceptors (Lipinski definition) is 7. The van der Waals surface area contributed by atoms with Crippen LogP contribution >= 0.6 is 11.5 Å². The van der Waals surface area contributed by atoms with Crippen molar-refractivity contribution < 1.29 is 23.7 Å². The third-order valence-corrected chi connectivity index (χ3v) is 5.10. The van der Waals surface area contributed by atoms with Crippen molar-refractivity contribution in [3.8, 4) is 44.7 Å². The van der Waals surface area contributed by atoms with E-state index < -0.39 is 0 Å². The summed E-state index contributed by atoms with van der Waals surface area (Å²) < 4.78 is 26.2. The van der Waals surface area contributed by atoms with Gasteiger partial charge in [0.05, 0.1) is 30.5 Å². The normalized spacial score (nSPS) is 12.0. The number of anilines is 1. The maximum absolute atomic E-state index is 11.5. The van der Waals surface area contributed by atoms with Crippen LogP contribution in [0.4, 0.5) is 5.69 Å². The molecule has 0 bridgehead atoms. The first kappa shape index (κ1) is 18.1. The quantitative estimate of drug-likeness (QED) is 0.695. The molecule has 8 heteroatoms. The van der Waals surface area contributed by atoms with Crippen LogP contribution in [0.1, 0.15) is 6.92 Å². The van der Waals surface area contributed by atoms with Crippen molar-refractivity contribution in [1.29, 1.82) is 0 Å². The molecule has 0 radical (unpaired) electrons. The molecule has 1 aromatic heterocycles. The van der Waals surface area contributed by atoms with Gasteiger partial charge in [-0.3, -0.25) is 4.79 Å². The van der Waals surface area contributed by atoms with Crippen LogP contribution in [0.15, 0.2) is 36.4 Å². The lowest BCUT2D eigenvalue weighted by atomic mass is 10.1. The fourth-order valence-electron chi connectivity index (χ4n) is 2.97. The summed E-state index contributed by atoms with van der Waals surface area (Å²) in [5, 5.41) is 2.78. The fraction of sp³-hybridized carbons (Fsp3) is 0.200. The summed E-state index contributed by atoms with van der Waals surface area (Å²) in [5.41, 5.74) is 3.21. The zero-order valence-corrected chi connectivity index (χ0v) is 16.4. The first-order chi connectivity index (χ1) is 13.6. The predicted molar refractivity (Wildman–Crippen MR) is 107 cm³/mol. The number of ether oxygens (including phenoxy) is 4. The van der Waals surface area contributed by atoms with Crippen LogP contribution in [0.25, 0.3) is 21.7 Å². The molecule has 0 spiro atoms. The van der Waals surface area contributed by atoms with E-state index in [0.29, 0.717) is 28.7 Å². The molecule has 1 N–H and O–H groups in total. The van der Waals surface area contributed by atoms with Gasteiger partial charge in [-0.25, -0.2) is 0 Å². The van der Waals surface area contributed by atoms with Crippen LogP contribution in [0.2, 0.25) is 0 Å². The van der Waals surface area contributed by atoms with E-state index in [9.17, 15) is 4.79 Å². The highest BCUT2D eigenvalue weighted by atomic mass is 32.1. The van der Waals surface area contributed by atoms with Gasteiger partial charge in [0, 0.05) is 18.1 Å². The van der Waals surface area contributed by atoms with E-state index in [2.05, 4.69) is 9.69 Å². The van der Waals surface area contributed by atoms with Crippen molar-refractivity contribution in [2.45, 2.75) is 6.92 Å². The number of methoxy groups -OCH3 is 2. The average molecular weight is 398 g/mol. The Bertz CT molecular complexity index is 1050. The molecular formula is C20H18N2O5S. The third-order valence-electron chi connectivity index (χ3n) is 4.26. The van der Waals surface area contributed by atoms with E-state index in [0.717, 1.165) is 21.7 Å². The number of carbonyl (C=O) groups is 1. The van der Waals surface area contributed by atoms with Gasteiger partial charge in [0.25, 0.3) is 0 Å². The molecule has 144 valence electrons. The van der Waals surface area contributed by atoms with E-state index in [1.165, 1.54) is 18.5 Å². The fourth-order valence-corrected chi connectivity index (χ4v) is 3.72. The minimum atomic E-state index is -0.165. The highest BCUT2D eigenvalue weighted by Gasteiger charge is 2.21. The first-order valence-corrected chi connectivity index (χ1v) is 9.27. The Morgan fingerprint density at radius 2 is 1.89 bits per heavy atom. The Balaban J connectivity index is 1.70. The highest BCUT2D eigenvalue weighted by molar-refractivity contribution is 7.09. The molecule has 0 saturated heterocycles. The molecule has 4 rings (SSSR count). The summed E-state index contributed by atoms with van der Waals surface area (Å²) >= 11 is 1.37. The topological polar surface area (TPSA) is 78.9 Å². The molecule has 28 heavy (non-hydrogen) atoms. The number of aromatic nitrogens is 1. The summed E-state index contributed by atoms with van der Waals surface area (Å²) in [5.74, 6) is 2.32. The summed E-state index contributed by atoms with van der Waals surface area (Å²) in [4.78, 5) is 12.4. The number of carbonyl (C=O) groups excluding carboxylic acids is 1. The van der Waals surface area contributed by atoms with Crippen LogP contribution < -0.4 is 24.3 Å². The lowest BCUT2D eigenvalue weighted by molar-refractivity contribution is -0.114. The molecule has 0 unspecified atom stereocenters. The smallest absolute Gasteiger partial charge is 0.231 e. The van der Waals surface area contributed by atoms with Crippen LogP contribution in [0, 0.1) is 0 Å². The van der Waals surface area contributed by atoms with Crippen LogP contribution in [-0.4, -0.2) is 31.3 Å². The number of rotatable bonds is 5. The van der Waals surface area contributed by atoms with E-state index in [1.807, 2.05) is 36.4 Å². The zero-order chi connectivity index (χ0) is 19.7. The third kappa shape index (κ3) is 3.34. The SMILES string of the molecule is COc1ccc(-c2cc(-c3cc(OC)c4c(c3)OCO4)sn2)cc1NC(C)=O. The Morgan fingerprint density at radius 1 is 1.07 bits per heavy atom. The van der Waals surface area contributed by atoms with E-state index in [1.54, 1.807) is 14.2 Å². The lowest BCUT2D eigenvalue weighted by Gasteiger charge is -2.10. The Morgan fingerprint density at radius 3 is 2.64 bits per heavy atom. The molecular weight excluding hydrogens is 380 g/mol. The molecule has 0 saturated carbocycles. The molecule has 2 heterocycles. The molecule has 1 aliphatic rings. The molecule has 0 fully saturated rings. The van der Waals surface area contributed by atoms with E-state index in [-0.39, 0.29) is 12.7 Å². The van der Waals surface area contributed by atoms with Gasteiger partial charge in [0.1, 0.15) is 5.75 Å². The number of nitrogens with one attached hydrogen (secondary N) is 1. The summed E-state index contributed by atoms with van der Waals surface area (Å²) in [6, 6.07) is 11.4. The van der Waals surface area contributed by atoms with Crippen LogP contribution in [0.5, 0.6) is 23.0 Å². The minimum Gasteiger partial charge on any atom is -0.495 e. The van der Waals surface area contributed by atoms with Crippen molar-refractivity contribution in [3.63, 3.8) is 0 Å². The number of nitrogens with zero attached hydrogens (tertiary/aromatic N) is 1. The van der Waals surface area contributed by atoms with Crippen LogP contribution in [0.3, 0.4) is 0 Å². The van der Waals surface area contributed by atoms with Gasteiger partial charge < -0.3 is 24.3 Å². The second kappa shape index (κ2) is 7.40. The number of fused-ring (bicyclic) bond motifs is 1. The summed E-state index contributed by atoms with van der Waals surface area (Å²) in [6.07, 6.45) is 0. The molecule has 2 aromatic carbocycles. The van der Waals surface area contributed by atoms with Gasteiger partial charge in [-0.05, 0) is 47.9 Å². The van der Waals surface area contributed by atoms with Gasteiger partial charge in [0.2, 0.25) is 18.4 Å². The molecule has 7 nitrogen and oxygen atoms in total. The Hall–Kier alpha value is -3.26. The maximum atomic E-state index is 11.5. The lowest BCUT2D eigenvalue weighted by Crippen LogP contribution is -2.07.